The van der Waals surface area contributed by atoms with E-state index in [1.165, 1.54) is 22.3 Å². The smallest absolute Gasteiger partial charge is 0.309 e. The van der Waals surface area contributed by atoms with E-state index < -0.39 is 17.4 Å². The maximum absolute atomic E-state index is 11.3. The number of hydrogen-bond donors (Lipinski definition) is 2. The minimum absolute atomic E-state index is 0.389. The summed E-state index contributed by atoms with van der Waals surface area (Å²) in [5.74, 6) is -1.32. The van der Waals surface area contributed by atoms with Crippen LogP contribution in [0.5, 0.6) is 0 Å². The molecule has 0 bridgehead atoms. The Hall–Kier alpha value is -1.84. The fraction of sp³-hybridized carbons (Fsp3) is 0.692. The summed E-state index contributed by atoms with van der Waals surface area (Å²) in [6.45, 7) is 7.96. The van der Waals surface area contributed by atoms with Gasteiger partial charge in [0.2, 0.25) is 0 Å². The molecule has 0 aromatic heterocycles. The van der Waals surface area contributed by atoms with Crippen LogP contribution < -0.4 is 0 Å². The van der Waals surface area contributed by atoms with Gasteiger partial charge in [-0.2, -0.15) is 0 Å². The maximum atomic E-state index is 11.3. The van der Waals surface area contributed by atoms with E-state index in [1.807, 2.05) is 0 Å². The van der Waals surface area contributed by atoms with Crippen molar-refractivity contribution in [2.45, 2.75) is 105 Å². The zero-order valence-electron chi connectivity index (χ0n) is 19.4. The van der Waals surface area contributed by atoms with Gasteiger partial charge in [0.05, 0.1) is 10.8 Å². The monoisotopic (exact) mass is 416 g/mol. The predicted octanol–water partition coefficient (Wildman–Crippen LogP) is 6.48. The molecule has 0 aliphatic heterocycles. The lowest BCUT2D eigenvalue weighted by Gasteiger charge is -2.19. The lowest BCUT2D eigenvalue weighted by molar-refractivity contribution is -0.147. The Labute approximate surface area is 182 Å². The molecule has 1 aliphatic carbocycles. The van der Waals surface area contributed by atoms with Crippen molar-refractivity contribution in [2.24, 2.45) is 10.8 Å². The molecule has 1 saturated carbocycles. The summed E-state index contributed by atoms with van der Waals surface area (Å²) >= 11 is 0. The summed E-state index contributed by atoms with van der Waals surface area (Å²) < 4.78 is 0. The topological polar surface area (TPSA) is 74.6 Å². The molecule has 30 heavy (non-hydrogen) atoms. The number of carboxylic acids is 2. The van der Waals surface area contributed by atoms with Crippen molar-refractivity contribution in [3.8, 4) is 0 Å². The van der Waals surface area contributed by atoms with Gasteiger partial charge >= 0.3 is 11.9 Å². The van der Waals surface area contributed by atoms with Gasteiger partial charge < -0.3 is 10.2 Å². The van der Waals surface area contributed by atoms with Gasteiger partial charge in [-0.25, -0.2) is 0 Å². The molecule has 168 valence electrons. The molecule has 0 amide bonds. The van der Waals surface area contributed by atoms with Crippen LogP contribution in [-0.4, -0.2) is 22.2 Å². The minimum Gasteiger partial charge on any atom is -0.481 e. The predicted molar refractivity (Wildman–Crippen MR) is 121 cm³/mol. The maximum Gasteiger partial charge on any atom is 0.309 e. The first-order chi connectivity index (χ1) is 14.1. The molecule has 0 spiro atoms. The van der Waals surface area contributed by atoms with E-state index in [4.69, 9.17) is 0 Å². The van der Waals surface area contributed by atoms with Crippen molar-refractivity contribution in [3.05, 3.63) is 34.4 Å². The fourth-order valence-electron chi connectivity index (χ4n) is 4.50. The summed E-state index contributed by atoms with van der Waals surface area (Å²) in [5, 5.41) is 18.5. The van der Waals surface area contributed by atoms with Crippen molar-refractivity contribution in [3.63, 3.8) is 0 Å². The highest BCUT2D eigenvalue weighted by molar-refractivity contribution is 5.77. The molecule has 0 heterocycles. The Kier molecular flexibility index (Phi) is 8.52. The number of aryl methyl sites for hydroxylation is 3. The number of benzene rings is 1. The summed E-state index contributed by atoms with van der Waals surface area (Å²) in [5.41, 5.74) is 4.54. The zero-order chi connectivity index (χ0) is 22.4. The third kappa shape index (κ3) is 6.85. The van der Waals surface area contributed by atoms with Crippen LogP contribution in [-0.2, 0) is 22.4 Å². The van der Waals surface area contributed by atoms with Crippen molar-refractivity contribution in [1.29, 1.82) is 0 Å². The number of unbranched alkanes of at least 4 members (excludes halogenated alkanes) is 4. The Balaban J connectivity index is 1.80. The van der Waals surface area contributed by atoms with E-state index in [0.29, 0.717) is 0 Å². The molecule has 4 nitrogen and oxygen atoms in total. The highest BCUT2D eigenvalue weighted by Crippen LogP contribution is 2.50. The van der Waals surface area contributed by atoms with Crippen molar-refractivity contribution in [1.82, 2.24) is 0 Å². The van der Waals surface area contributed by atoms with Gasteiger partial charge in [0, 0.05) is 0 Å². The Bertz CT molecular complexity index is 744. The van der Waals surface area contributed by atoms with Gasteiger partial charge in [0.1, 0.15) is 0 Å². The third-order valence-electron chi connectivity index (χ3n) is 6.93. The van der Waals surface area contributed by atoms with Gasteiger partial charge in [-0.15, -0.1) is 0 Å². The molecule has 0 radical (unpaired) electrons. The first-order valence-electron chi connectivity index (χ1n) is 11.6. The van der Waals surface area contributed by atoms with E-state index in [1.54, 1.807) is 13.8 Å². The van der Waals surface area contributed by atoms with E-state index in [9.17, 15) is 19.8 Å². The lowest BCUT2D eigenvalue weighted by atomic mass is 9.86. The minimum atomic E-state index is -0.713. The molecule has 0 saturated heterocycles. The molecule has 1 aromatic rings. The standard InChI is InChI=1S/C26H40O4/c1-19-17-20(2)22(12-8-6-9-13-25(3,4)23(27)28)21(18-19)11-7-5-10-14-26(15-16-26)24(29)30/h17-18H,5-16H2,1-4H3,(H,27,28)(H,29,30). The number of rotatable bonds is 14. The van der Waals surface area contributed by atoms with Crippen molar-refractivity contribution >= 4 is 11.9 Å². The first kappa shape index (κ1) is 24.4. The SMILES string of the molecule is Cc1cc(C)c(CCCCCC(C)(C)C(=O)O)c(CCCCCC2(C(=O)O)CC2)c1. The first-order valence-corrected chi connectivity index (χ1v) is 11.6. The van der Waals surface area contributed by atoms with Crippen LogP contribution in [0.2, 0.25) is 0 Å². The Morgan fingerprint density at radius 3 is 2.17 bits per heavy atom. The van der Waals surface area contributed by atoms with E-state index in [-0.39, 0.29) is 5.41 Å². The number of carboxylic acid groups (broad SMARTS) is 2. The van der Waals surface area contributed by atoms with Crippen LogP contribution in [0.4, 0.5) is 0 Å². The lowest BCUT2D eigenvalue weighted by Crippen LogP contribution is -2.23. The highest BCUT2D eigenvalue weighted by Gasteiger charge is 2.49. The molecular formula is C26H40O4. The summed E-state index contributed by atoms with van der Waals surface area (Å²) in [4.78, 5) is 22.5. The number of hydrogen-bond acceptors (Lipinski definition) is 2. The molecule has 1 aromatic carbocycles. The van der Waals surface area contributed by atoms with Gasteiger partial charge in [-0.1, -0.05) is 43.4 Å². The third-order valence-corrected chi connectivity index (χ3v) is 6.93. The second kappa shape index (κ2) is 10.5. The summed E-state index contributed by atoms with van der Waals surface area (Å²) in [7, 11) is 0. The van der Waals surface area contributed by atoms with Gasteiger partial charge in [-0.3, -0.25) is 9.59 Å². The molecule has 1 aliphatic rings. The largest absolute Gasteiger partial charge is 0.481 e. The summed E-state index contributed by atoms with van der Waals surface area (Å²) in [6.07, 6.45) is 11.7. The van der Waals surface area contributed by atoms with Crippen LogP contribution in [0.1, 0.15) is 100 Å². The number of carbonyl (C=O) groups is 2. The van der Waals surface area contributed by atoms with Crippen LogP contribution in [0.15, 0.2) is 12.1 Å². The molecule has 1 fully saturated rings. The Morgan fingerprint density at radius 2 is 1.57 bits per heavy atom. The van der Waals surface area contributed by atoms with E-state index in [0.717, 1.165) is 77.0 Å². The van der Waals surface area contributed by atoms with E-state index in [2.05, 4.69) is 26.0 Å². The normalized spacial score (nSPS) is 15.2. The average Bonchev–Trinajstić information content (AvgIpc) is 3.44. The van der Waals surface area contributed by atoms with Crippen LogP contribution in [0.25, 0.3) is 0 Å². The van der Waals surface area contributed by atoms with Gasteiger partial charge in [0.25, 0.3) is 0 Å². The van der Waals surface area contributed by atoms with Gasteiger partial charge in [0.15, 0.2) is 0 Å². The van der Waals surface area contributed by atoms with E-state index >= 15 is 0 Å². The fourth-order valence-corrected chi connectivity index (χ4v) is 4.50. The molecule has 2 rings (SSSR count). The van der Waals surface area contributed by atoms with Crippen LogP contribution in [0.3, 0.4) is 0 Å². The van der Waals surface area contributed by atoms with Gasteiger partial charge in [-0.05, 0) is 95.8 Å². The molecule has 0 atom stereocenters. The summed E-state index contributed by atoms with van der Waals surface area (Å²) in [6, 6.07) is 4.57. The Morgan fingerprint density at radius 1 is 0.933 bits per heavy atom. The van der Waals surface area contributed by atoms with Crippen LogP contribution in [0, 0.1) is 24.7 Å². The van der Waals surface area contributed by atoms with Crippen molar-refractivity contribution < 1.29 is 19.8 Å². The zero-order valence-corrected chi connectivity index (χ0v) is 19.4. The number of aliphatic carboxylic acids is 2. The second-order valence-electron chi connectivity index (χ2n) is 10.1. The molecule has 0 unspecified atom stereocenters. The quantitative estimate of drug-likeness (QED) is 0.340. The molecule has 2 N–H and O–H groups in total. The average molecular weight is 417 g/mol. The second-order valence-corrected chi connectivity index (χ2v) is 10.1. The molecular weight excluding hydrogens is 376 g/mol. The van der Waals surface area contributed by atoms with Crippen LogP contribution >= 0.6 is 0 Å². The van der Waals surface area contributed by atoms with Crippen molar-refractivity contribution in [2.75, 3.05) is 0 Å². The highest BCUT2D eigenvalue weighted by atomic mass is 16.4. The molecule has 4 heteroatoms.